The molecule has 30 heavy (non-hydrogen) atoms. The van der Waals surface area contributed by atoms with E-state index in [-0.39, 0.29) is 24.0 Å². The van der Waals surface area contributed by atoms with Gasteiger partial charge in [0.25, 0.3) is 0 Å². The fourth-order valence-corrected chi connectivity index (χ4v) is 4.23. The first-order valence-electron chi connectivity index (χ1n) is 11.0. The van der Waals surface area contributed by atoms with Crippen molar-refractivity contribution in [1.82, 2.24) is 20.0 Å². The third-order valence-corrected chi connectivity index (χ3v) is 6.04. The highest BCUT2D eigenvalue weighted by molar-refractivity contribution is 14.0. The van der Waals surface area contributed by atoms with Gasteiger partial charge in [0.2, 0.25) is 0 Å². The molecule has 1 aromatic rings. The van der Waals surface area contributed by atoms with Gasteiger partial charge < -0.3 is 24.9 Å². The van der Waals surface area contributed by atoms with Gasteiger partial charge in [-0.1, -0.05) is 24.6 Å². The van der Waals surface area contributed by atoms with Crippen LogP contribution in [0.1, 0.15) is 13.8 Å². The Kier molecular flexibility index (Phi) is 11.0. The van der Waals surface area contributed by atoms with Crippen molar-refractivity contribution in [1.29, 1.82) is 0 Å². The molecule has 3 rings (SSSR count). The second-order valence-corrected chi connectivity index (χ2v) is 8.79. The lowest BCUT2D eigenvalue weighted by Gasteiger charge is -2.38. The Labute approximate surface area is 204 Å². The predicted molar refractivity (Wildman–Crippen MR) is 140 cm³/mol. The Bertz CT molecular complexity index is 657. The molecular formula is C22H38ClIN6. The summed E-state index contributed by atoms with van der Waals surface area (Å²) in [4.78, 5) is 14.8. The van der Waals surface area contributed by atoms with Crippen molar-refractivity contribution >= 4 is 47.2 Å². The van der Waals surface area contributed by atoms with Crippen molar-refractivity contribution in [2.45, 2.75) is 13.8 Å². The Morgan fingerprint density at radius 3 is 2.43 bits per heavy atom. The van der Waals surface area contributed by atoms with E-state index in [0.29, 0.717) is 5.92 Å². The molecule has 1 unspecified atom stereocenters. The van der Waals surface area contributed by atoms with Gasteiger partial charge in [0.1, 0.15) is 0 Å². The smallest absolute Gasteiger partial charge is 0.194 e. The largest absolute Gasteiger partial charge is 0.368 e. The molecule has 1 atom stereocenters. The summed E-state index contributed by atoms with van der Waals surface area (Å²) in [5.41, 5.74) is 1.21. The molecule has 0 radical (unpaired) electrons. The average Bonchev–Trinajstić information content (AvgIpc) is 2.73. The minimum absolute atomic E-state index is 0. The fraction of sp³-hybridized carbons (Fsp3) is 0.682. The molecule has 0 spiro atoms. The van der Waals surface area contributed by atoms with Crippen molar-refractivity contribution < 1.29 is 0 Å². The van der Waals surface area contributed by atoms with Crippen LogP contribution in [0.5, 0.6) is 0 Å². The van der Waals surface area contributed by atoms with Crippen molar-refractivity contribution in [3.05, 3.63) is 29.3 Å². The number of likely N-dealkylation sites (N-methyl/N-ethyl adjacent to an activating group) is 1. The Morgan fingerprint density at radius 2 is 1.80 bits per heavy atom. The van der Waals surface area contributed by atoms with Gasteiger partial charge in [-0.2, -0.15) is 0 Å². The number of anilines is 1. The standard InChI is InChI=1S/C22H37ClN6.HI/c1-4-24-22(25-17-19(2)18-27-10-8-26(3)9-11-27)29-14-12-28(13-15-29)21-7-5-6-20(23)16-21;/h5-7,16,19H,4,8-15,17-18H2,1-3H3,(H,24,25);1H. The molecular weight excluding hydrogens is 511 g/mol. The van der Waals surface area contributed by atoms with E-state index in [1.807, 2.05) is 12.1 Å². The number of hydrogen-bond acceptors (Lipinski definition) is 4. The number of benzene rings is 1. The lowest BCUT2D eigenvalue weighted by Crippen LogP contribution is -2.52. The normalized spacial score (nSPS) is 20.1. The first-order valence-corrected chi connectivity index (χ1v) is 11.4. The molecule has 0 aliphatic carbocycles. The molecule has 0 aromatic heterocycles. The van der Waals surface area contributed by atoms with E-state index in [2.05, 4.69) is 57.9 Å². The predicted octanol–water partition coefficient (Wildman–Crippen LogP) is 2.93. The molecule has 2 heterocycles. The van der Waals surface area contributed by atoms with E-state index in [1.165, 1.54) is 31.9 Å². The van der Waals surface area contributed by atoms with Gasteiger partial charge >= 0.3 is 0 Å². The van der Waals surface area contributed by atoms with Crippen molar-refractivity contribution in [2.24, 2.45) is 10.9 Å². The first-order chi connectivity index (χ1) is 14.0. The topological polar surface area (TPSA) is 37.4 Å². The van der Waals surface area contributed by atoms with Crippen molar-refractivity contribution in [2.75, 3.05) is 83.9 Å². The van der Waals surface area contributed by atoms with Crippen LogP contribution in [0.2, 0.25) is 5.02 Å². The third kappa shape index (κ3) is 7.73. The molecule has 0 bridgehead atoms. The fourth-order valence-electron chi connectivity index (χ4n) is 4.05. The molecule has 2 fully saturated rings. The lowest BCUT2D eigenvalue weighted by atomic mass is 10.1. The van der Waals surface area contributed by atoms with Crippen LogP contribution in [0.25, 0.3) is 0 Å². The molecule has 1 aromatic carbocycles. The van der Waals surface area contributed by atoms with Crippen LogP contribution in [-0.4, -0.2) is 99.7 Å². The van der Waals surface area contributed by atoms with Crippen LogP contribution in [0.4, 0.5) is 5.69 Å². The maximum absolute atomic E-state index is 6.16. The maximum atomic E-state index is 6.16. The molecule has 1 N–H and O–H groups in total. The minimum atomic E-state index is 0. The summed E-state index contributed by atoms with van der Waals surface area (Å²) in [7, 11) is 2.21. The number of nitrogens with one attached hydrogen (secondary N) is 1. The minimum Gasteiger partial charge on any atom is -0.368 e. The van der Waals surface area contributed by atoms with Gasteiger partial charge in [-0.3, -0.25) is 4.99 Å². The highest BCUT2D eigenvalue weighted by Gasteiger charge is 2.21. The summed E-state index contributed by atoms with van der Waals surface area (Å²) in [6.07, 6.45) is 0. The van der Waals surface area contributed by atoms with Crippen LogP contribution in [0, 0.1) is 5.92 Å². The lowest BCUT2D eigenvalue weighted by molar-refractivity contribution is 0.140. The number of aliphatic imine (C=N–C) groups is 1. The zero-order valence-electron chi connectivity index (χ0n) is 18.7. The van der Waals surface area contributed by atoms with Gasteiger partial charge in [0.05, 0.1) is 0 Å². The van der Waals surface area contributed by atoms with Crippen LogP contribution in [0.15, 0.2) is 29.3 Å². The second kappa shape index (κ2) is 12.9. The van der Waals surface area contributed by atoms with Crippen LogP contribution in [0.3, 0.4) is 0 Å². The number of piperazine rings is 2. The van der Waals surface area contributed by atoms with Gasteiger partial charge in [0.15, 0.2) is 5.96 Å². The Balaban J connectivity index is 0.00000320. The summed E-state index contributed by atoms with van der Waals surface area (Å²) < 4.78 is 0. The molecule has 6 nitrogen and oxygen atoms in total. The van der Waals surface area contributed by atoms with Gasteiger partial charge in [-0.15, -0.1) is 24.0 Å². The van der Waals surface area contributed by atoms with E-state index in [0.717, 1.165) is 56.8 Å². The van der Waals surface area contributed by atoms with E-state index < -0.39 is 0 Å². The molecule has 0 saturated carbocycles. The number of nitrogens with zero attached hydrogens (tertiary/aromatic N) is 5. The zero-order chi connectivity index (χ0) is 20.6. The maximum Gasteiger partial charge on any atom is 0.194 e. The van der Waals surface area contributed by atoms with Crippen molar-refractivity contribution in [3.63, 3.8) is 0 Å². The third-order valence-electron chi connectivity index (χ3n) is 5.81. The van der Waals surface area contributed by atoms with E-state index in [1.54, 1.807) is 0 Å². The molecule has 2 saturated heterocycles. The highest BCUT2D eigenvalue weighted by Crippen LogP contribution is 2.20. The molecule has 8 heteroatoms. The van der Waals surface area contributed by atoms with E-state index in [9.17, 15) is 0 Å². The molecule has 2 aliphatic heterocycles. The van der Waals surface area contributed by atoms with Crippen molar-refractivity contribution in [3.8, 4) is 0 Å². The highest BCUT2D eigenvalue weighted by atomic mass is 127. The second-order valence-electron chi connectivity index (χ2n) is 8.36. The summed E-state index contributed by atoms with van der Waals surface area (Å²) in [6, 6.07) is 8.15. The number of halogens is 2. The number of hydrogen-bond donors (Lipinski definition) is 1. The summed E-state index contributed by atoms with van der Waals surface area (Å²) in [5.74, 6) is 1.63. The summed E-state index contributed by atoms with van der Waals surface area (Å²) in [5, 5.41) is 4.30. The van der Waals surface area contributed by atoms with Gasteiger partial charge in [-0.25, -0.2) is 0 Å². The SMILES string of the molecule is CCNC(=NCC(C)CN1CCN(C)CC1)N1CCN(c2cccc(Cl)c2)CC1.I. The van der Waals surface area contributed by atoms with E-state index in [4.69, 9.17) is 16.6 Å². The Morgan fingerprint density at radius 1 is 1.10 bits per heavy atom. The van der Waals surface area contributed by atoms with Crippen LogP contribution in [-0.2, 0) is 0 Å². The first kappa shape index (κ1) is 25.5. The quantitative estimate of drug-likeness (QED) is 0.336. The Hall–Kier alpha value is -0.770. The van der Waals surface area contributed by atoms with E-state index >= 15 is 0 Å². The van der Waals surface area contributed by atoms with Gasteiger partial charge in [-0.05, 0) is 38.1 Å². The zero-order valence-corrected chi connectivity index (χ0v) is 21.8. The number of guanidine groups is 1. The average molecular weight is 549 g/mol. The number of rotatable bonds is 6. The molecule has 0 amide bonds. The molecule has 170 valence electrons. The van der Waals surface area contributed by atoms with Gasteiger partial charge in [0, 0.05) is 82.7 Å². The van der Waals surface area contributed by atoms with Crippen LogP contribution < -0.4 is 10.2 Å². The molecule has 2 aliphatic rings. The summed E-state index contributed by atoms with van der Waals surface area (Å²) in [6.45, 7) is 16.0. The summed E-state index contributed by atoms with van der Waals surface area (Å²) >= 11 is 6.16. The monoisotopic (exact) mass is 548 g/mol. The van der Waals surface area contributed by atoms with Crippen LogP contribution >= 0.6 is 35.6 Å².